The fourth-order valence-corrected chi connectivity index (χ4v) is 3.32. The molecule has 3 rings (SSSR count). The molecule has 1 heterocycles. The maximum atomic E-state index is 12.4. The van der Waals surface area contributed by atoms with Crippen LogP contribution in [-0.4, -0.2) is 26.6 Å². The van der Waals surface area contributed by atoms with Gasteiger partial charge < -0.3 is 15.2 Å². The van der Waals surface area contributed by atoms with Gasteiger partial charge in [0.25, 0.3) is 0 Å². The second-order valence-electron chi connectivity index (χ2n) is 5.97. The molecule has 0 spiro atoms. The van der Waals surface area contributed by atoms with E-state index in [-0.39, 0.29) is 17.1 Å². The summed E-state index contributed by atoms with van der Waals surface area (Å²) in [5.41, 5.74) is 2.46. The molecule has 1 aromatic heterocycles. The first-order valence-corrected chi connectivity index (χ1v) is 9.33. The van der Waals surface area contributed by atoms with Gasteiger partial charge in [-0.3, -0.25) is 9.59 Å². The Morgan fingerprint density at radius 1 is 1.00 bits per heavy atom. The summed E-state index contributed by atoms with van der Waals surface area (Å²) in [6.07, 6.45) is 5.31. The second kappa shape index (κ2) is 8.55. The van der Waals surface area contributed by atoms with Gasteiger partial charge in [-0.05, 0) is 55.5 Å². The third kappa shape index (κ3) is 5.21. The van der Waals surface area contributed by atoms with E-state index in [1.807, 2.05) is 66.2 Å². The van der Waals surface area contributed by atoms with Crippen molar-refractivity contribution in [3.8, 4) is 5.69 Å². The van der Waals surface area contributed by atoms with Crippen LogP contribution in [-0.2, 0) is 9.59 Å². The number of hydrogen-bond acceptors (Lipinski definition) is 4. The van der Waals surface area contributed by atoms with Crippen LogP contribution >= 0.6 is 11.8 Å². The molecule has 2 aromatic carbocycles. The molecule has 7 heteroatoms. The number of rotatable bonds is 6. The number of benzene rings is 2. The second-order valence-corrected chi connectivity index (χ2v) is 7.39. The van der Waals surface area contributed by atoms with E-state index in [4.69, 9.17) is 0 Å². The van der Waals surface area contributed by atoms with Crippen molar-refractivity contribution in [2.45, 2.75) is 24.0 Å². The maximum Gasteiger partial charge on any atom is 0.237 e. The number of thioether (sulfide) groups is 1. The monoisotopic (exact) mass is 380 g/mol. The van der Waals surface area contributed by atoms with Gasteiger partial charge in [-0.25, -0.2) is 4.98 Å². The number of imidazole rings is 1. The van der Waals surface area contributed by atoms with E-state index in [9.17, 15) is 9.59 Å². The minimum atomic E-state index is -0.259. The average Bonchev–Trinajstić information content (AvgIpc) is 3.18. The Bertz CT molecular complexity index is 906. The number of anilines is 2. The smallest absolute Gasteiger partial charge is 0.237 e. The third-order valence-corrected chi connectivity index (χ3v) is 4.91. The Kier molecular flexibility index (Phi) is 5.93. The van der Waals surface area contributed by atoms with Crippen molar-refractivity contribution < 1.29 is 9.59 Å². The number of amides is 2. The summed E-state index contributed by atoms with van der Waals surface area (Å²) in [5, 5.41) is 5.39. The van der Waals surface area contributed by atoms with Crippen molar-refractivity contribution in [1.82, 2.24) is 9.55 Å². The molecule has 0 aliphatic heterocycles. The lowest BCUT2D eigenvalue weighted by molar-refractivity contribution is -0.115. The van der Waals surface area contributed by atoms with Crippen LogP contribution < -0.4 is 10.6 Å². The third-order valence-electron chi connectivity index (χ3n) is 3.79. The summed E-state index contributed by atoms with van der Waals surface area (Å²) in [6.45, 7) is 3.33. The highest BCUT2D eigenvalue weighted by atomic mass is 32.2. The van der Waals surface area contributed by atoms with Crippen LogP contribution in [0.1, 0.15) is 13.8 Å². The van der Waals surface area contributed by atoms with E-state index in [0.717, 1.165) is 22.0 Å². The molecule has 0 radical (unpaired) electrons. The highest BCUT2D eigenvalue weighted by molar-refractivity contribution is 8.00. The van der Waals surface area contributed by atoms with Crippen molar-refractivity contribution >= 4 is 35.0 Å². The quantitative estimate of drug-likeness (QED) is 0.635. The molecule has 0 fully saturated rings. The Labute approximate surface area is 162 Å². The molecule has 138 valence electrons. The predicted molar refractivity (Wildman–Crippen MR) is 108 cm³/mol. The Morgan fingerprint density at radius 2 is 1.63 bits per heavy atom. The van der Waals surface area contributed by atoms with Crippen LogP contribution in [0.4, 0.5) is 11.4 Å². The largest absolute Gasteiger partial charge is 0.326 e. The summed E-state index contributed by atoms with van der Waals surface area (Å²) >= 11 is 1.46. The van der Waals surface area contributed by atoms with Gasteiger partial charge in [0.2, 0.25) is 11.8 Å². The Morgan fingerprint density at radius 3 is 2.22 bits per heavy atom. The predicted octanol–water partition coefficient (Wildman–Crippen LogP) is 3.95. The molecule has 2 N–H and O–H groups in total. The minimum Gasteiger partial charge on any atom is -0.326 e. The zero-order valence-corrected chi connectivity index (χ0v) is 15.9. The number of nitrogens with zero attached hydrogens (tertiary/aromatic N) is 2. The minimum absolute atomic E-state index is 0.0682. The summed E-state index contributed by atoms with van der Waals surface area (Å²) < 4.78 is 1.90. The van der Waals surface area contributed by atoms with Gasteiger partial charge in [0.1, 0.15) is 0 Å². The van der Waals surface area contributed by atoms with E-state index in [2.05, 4.69) is 15.6 Å². The fourth-order valence-electron chi connectivity index (χ4n) is 2.45. The Hall–Kier alpha value is -3.06. The van der Waals surface area contributed by atoms with Crippen LogP contribution in [0.15, 0.2) is 72.1 Å². The van der Waals surface area contributed by atoms with E-state index >= 15 is 0 Å². The molecule has 3 aromatic rings. The number of carbonyl (C=O) groups excluding carboxylic acids is 2. The lowest BCUT2D eigenvalue weighted by Crippen LogP contribution is -2.22. The maximum absolute atomic E-state index is 12.4. The van der Waals surface area contributed by atoms with Gasteiger partial charge in [-0.2, -0.15) is 0 Å². The first-order valence-electron chi connectivity index (χ1n) is 8.45. The lowest BCUT2D eigenvalue weighted by Gasteiger charge is -2.13. The molecular weight excluding hydrogens is 360 g/mol. The van der Waals surface area contributed by atoms with E-state index in [1.165, 1.54) is 18.7 Å². The summed E-state index contributed by atoms with van der Waals surface area (Å²) in [5.74, 6) is -0.177. The number of aromatic nitrogens is 2. The number of hydrogen-bond donors (Lipinski definition) is 2. The van der Waals surface area contributed by atoms with E-state index in [0.29, 0.717) is 0 Å². The van der Waals surface area contributed by atoms with E-state index in [1.54, 1.807) is 12.5 Å². The van der Waals surface area contributed by atoms with Crippen LogP contribution in [0, 0.1) is 0 Å². The van der Waals surface area contributed by atoms with Crippen molar-refractivity contribution in [2.75, 3.05) is 10.6 Å². The Balaban J connectivity index is 1.56. The zero-order valence-electron chi connectivity index (χ0n) is 15.0. The van der Waals surface area contributed by atoms with Gasteiger partial charge in [0, 0.05) is 41.3 Å². The molecule has 0 bridgehead atoms. The van der Waals surface area contributed by atoms with Crippen LogP contribution in [0.3, 0.4) is 0 Å². The fraction of sp³-hybridized carbons (Fsp3) is 0.150. The summed E-state index contributed by atoms with van der Waals surface area (Å²) in [6, 6.07) is 15.0. The first kappa shape index (κ1) is 18.7. The van der Waals surface area contributed by atoms with Crippen molar-refractivity contribution in [3.05, 3.63) is 67.3 Å². The summed E-state index contributed by atoms with van der Waals surface area (Å²) in [4.78, 5) is 28.5. The molecule has 1 atom stereocenters. The van der Waals surface area contributed by atoms with Crippen molar-refractivity contribution in [1.29, 1.82) is 0 Å². The van der Waals surface area contributed by atoms with Crippen molar-refractivity contribution in [2.24, 2.45) is 0 Å². The van der Waals surface area contributed by atoms with Gasteiger partial charge in [-0.1, -0.05) is 0 Å². The molecule has 6 nitrogen and oxygen atoms in total. The van der Waals surface area contributed by atoms with Gasteiger partial charge >= 0.3 is 0 Å². The van der Waals surface area contributed by atoms with E-state index < -0.39 is 0 Å². The van der Waals surface area contributed by atoms with Gasteiger partial charge in [-0.15, -0.1) is 11.8 Å². The molecule has 1 unspecified atom stereocenters. The van der Waals surface area contributed by atoms with Crippen LogP contribution in [0.25, 0.3) is 5.69 Å². The van der Waals surface area contributed by atoms with Gasteiger partial charge in [0.15, 0.2) is 0 Å². The zero-order chi connectivity index (χ0) is 19.2. The summed E-state index contributed by atoms with van der Waals surface area (Å²) in [7, 11) is 0. The molecular formula is C20H20N4O2S. The molecule has 0 aliphatic carbocycles. The standard InChI is InChI=1S/C20H20N4O2S/c1-14(27-19-9-5-16(6-10-19)22-15(2)25)20(26)23-17-3-7-18(8-4-17)24-12-11-21-13-24/h3-14H,1-2H3,(H,22,25)(H,23,26). The lowest BCUT2D eigenvalue weighted by atomic mass is 10.2. The molecule has 0 aliphatic rings. The first-order chi connectivity index (χ1) is 13.0. The van der Waals surface area contributed by atoms with Crippen LogP contribution in [0.2, 0.25) is 0 Å². The molecule has 0 saturated heterocycles. The van der Waals surface area contributed by atoms with Gasteiger partial charge in [0.05, 0.1) is 11.6 Å². The van der Waals surface area contributed by atoms with Crippen molar-refractivity contribution in [3.63, 3.8) is 0 Å². The normalized spacial score (nSPS) is 11.6. The average molecular weight is 380 g/mol. The highest BCUT2D eigenvalue weighted by Crippen LogP contribution is 2.25. The molecule has 0 saturated carbocycles. The molecule has 2 amide bonds. The SMILES string of the molecule is CC(=O)Nc1ccc(SC(C)C(=O)Nc2ccc(-n3ccnc3)cc2)cc1. The van der Waals surface area contributed by atoms with Crippen LogP contribution in [0.5, 0.6) is 0 Å². The number of carbonyl (C=O) groups is 2. The highest BCUT2D eigenvalue weighted by Gasteiger charge is 2.14. The molecule has 27 heavy (non-hydrogen) atoms. The topological polar surface area (TPSA) is 76.0 Å². The number of nitrogens with one attached hydrogen (secondary N) is 2.